The predicted molar refractivity (Wildman–Crippen MR) is 75.1 cm³/mol. The topological polar surface area (TPSA) is 58.6 Å². The highest BCUT2D eigenvalue weighted by Crippen LogP contribution is 2.10. The van der Waals surface area contributed by atoms with Gasteiger partial charge in [0.1, 0.15) is 5.82 Å². The Bertz CT molecular complexity index is 504. The van der Waals surface area contributed by atoms with Crippen molar-refractivity contribution in [2.75, 3.05) is 26.7 Å². The maximum Gasteiger partial charge on any atom is 0.250 e. The molecule has 114 valence electrons. The van der Waals surface area contributed by atoms with E-state index in [2.05, 4.69) is 5.32 Å². The van der Waals surface area contributed by atoms with Gasteiger partial charge in [0.05, 0.1) is 13.2 Å². The molecule has 21 heavy (non-hydrogen) atoms. The Kier molecular flexibility index (Phi) is 5.27. The second kappa shape index (κ2) is 7.17. The van der Waals surface area contributed by atoms with Crippen LogP contribution in [0.15, 0.2) is 24.3 Å². The molecule has 5 nitrogen and oxygen atoms in total. The van der Waals surface area contributed by atoms with Gasteiger partial charge in [-0.2, -0.15) is 0 Å². The Morgan fingerprint density at radius 1 is 1.38 bits per heavy atom. The van der Waals surface area contributed by atoms with Gasteiger partial charge >= 0.3 is 0 Å². The van der Waals surface area contributed by atoms with E-state index in [4.69, 9.17) is 4.74 Å². The van der Waals surface area contributed by atoms with Crippen molar-refractivity contribution in [2.45, 2.75) is 18.9 Å². The molecule has 0 aliphatic carbocycles. The third-order valence-corrected chi connectivity index (χ3v) is 3.50. The van der Waals surface area contributed by atoms with Gasteiger partial charge in [-0.3, -0.25) is 9.59 Å². The van der Waals surface area contributed by atoms with Crippen molar-refractivity contribution >= 4 is 11.8 Å². The zero-order valence-electron chi connectivity index (χ0n) is 12.0. The number of rotatable bonds is 4. The van der Waals surface area contributed by atoms with Gasteiger partial charge in [0.2, 0.25) is 5.91 Å². The number of hydrogen-bond acceptors (Lipinski definition) is 3. The van der Waals surface area contributed by atoms with Crippen molar-refractivity contribution in [3.63, 3.8) is 0 Å². The van der Waals surface area contributed by atoms with Crippen LogP contribution in [-0.2, 0) is 20.7 Å². The van der Waals surface area contributed by atoms with E-state index in [0.717, 1.165) is 5.56 Å². The van der Waals surface area contributed by atoms with Crippen molar-refractivity contribution < 1.29 is 18.7 Å². The molecule has 1 aromatic carbocycles. The highest BCUT2D eigenvalue weighted by molar-refractivity contribution is 5.82. The second-order valence-corrected chi connectivity index (χ2v) is 4.94. The van der Waals surface area contributed by atoms with E-state index in [9.17, 15) is 14.0 Å². The average molecular weight is 294 g/mol. The van der Waals surface area contributed by atoms with E-state index in [1.807, 2.05) is 0 Å². The molecule has 0 aromatic heterocycles. The molecule has 1 aliphatic rings. The molecule has 1 atom stereocenters. The van der Waals surface area contributed by atoms with Crippen molar-refractivity contribution in [1.82, 2.24) is 10.2 Å². The molecule has 0 radical (unpaired) electrons. The summed E-state index contributed by atoms with van der Waals surface area (Å²) in [5.74, 6) is -0.519. The Hall–Kier alpha value is -1.95. The van der Waals surface area contributed by atoms with Gasteiger partial charge in [0.15, 0.2) is 6.10 Å². The lowest BCUT2D eigenvalue weighted by Crippen LogP contribution is -2.51. The van der Waals surface area contributed by atoms with Crippen molar-refractivity contribution in [3.8, 4) is 0 Å². The summed E-state index contributed by atoms with van der Waals surface area (Å²) in [5, 5.41) is 2.52. The lowest BCUT2D eigenvalue weighted by Gasteiger charge is -2.32. The zero-order valence-corrected chi connectivity index (χ0v) is 12.0. The minimum atomic E-state index is -0.599. The number of aryl methyl sites for hydroxylation is 1. The van der Waals surface area contributed by atoms with Gasteiger partial charge in [0.25, 0.3) is 5.91 Å². The van der Waals surface area contributed by atoms with Crippen molar-refractivity contribution in [2.24, 2.45) is 0 Å². The molecule has 1 fully saturated rings. The van der Waals surface area contributed by atoms with E-state index in [-0.39, 0.29) is 24.2 Å². The fourth-order valence-electron chi connectivity index (χ4n) is 2.26. The molecule has 1 saturated heterocycles. The van der Waals surface area contributed by atoms with Crippen LogP contribution < -0.4 is 5.32 Å². The van der Waals surface area contributed by atoms with E-state index < -0.39 is 6.10 Å². The highest BCUT2D eigenvalue weighted by Gasteiger charge is 2.28. The summed E-state index contributed by atoms with van der Waals surface area (Å²) < 4.78 is 18.1. The fraction of sp³-hybridized carbons (Fsp3) is 0.467. The van der Waals surface area contributed by atoms with E-state index >= 15 is 0 Å². The third kappa shape index (κ3) is 4.26. The van der Waals surface area contributed by atoms with Gasteiger partial charge in [0, 0.05) is 20.0 Å². The molecule has 1 aliphatic heterocycles. The molecule has 2 rings (SSSR count). The normalized spacial score (nSPS) is 18.4. The number of halogens is 1. The van der Waals surface area contributed by atoms with Crippen LogP contribution in [0.5, 0.6) is 0 Å². The number of amides is 2. The standard InChI is InChI=1S/C15H19FN2O3/c1-17-15(20)13-10-18(8-9-21-13)14(19)7-4-11-2-5-12(16)6-3-11/h2-3,5-6,13H,4,7-10H2,1H3,(H,17,20)/t13-/m1/s1. The third-order valence-electron chi connectivity index (χ3n) is 3.50. The molecular weight excluding hydrogens is 275 g/mol. The number of morpholine rings is 1. The van der Waals surface area contributed by atoms with Gasteiger partial charge in [-0.05, 0) is 24.1 Å². The molecule has 0 saturated carbocycles. The number of carbonyl (C=O) groups excluding carboxylic acids is 2. The van der Waals surface area contributed by atoms with Gasteiger partial charge in [-0.1, -0.05) is 12.1 Å². The Morgan fingerprint density at radius 3 is 2.76 bits per heavy atom. The monoisotopic (exact) mass is 294 g/mol. The van der Waals surface area contributed by atoms with Crippen LogP contribution in [0.4, 0.5) is 4.39 Å². The Balaban J connectivity index is 1.85. The Labute approximate surface area is 123 Å². The predicted octanol–water partition coefficient (Wildman–Crippen LogP) is 0.732. The second-order valence-electron chi connectivity index (χ2n) is 4.94. The van der Waals surface area contributed by atoms with Crippen LogP contribution in [0.2, 0.25) is 0 Å². The van der Waals surface area contributed by atoms with Crippen LogP contribution in [0.1, 0.15) is 12.0 Å². The molecule has 2 amide bonds. The molecule has 6 heteroatoms. The largest absolute Gasteiger partial charge is 0.365 e. The molecule has 1 N–H and O–H groups in total. The molecule has 0 unspecified atom stereocenters. The van der Waals surface area contributed by atoms with Gasteiger partial charge < -0.3 is 15.0 Å². The summed E-state index contributed by atoms with van der Waals surface area (Å²) >= 11 is 0. The van der Waals surface area contributed by atoms with Gasteiger partial charge in [-0.15, -0.1) is 0 Å². The zero-order chi connectivity index (χ0) is 15.2. The first kappa shape index (κ1) is 15.4. The summed E-state index contributed by atoms with van der Waals surface area (Å²) in [6, 6.07) is 6.12. The number of likely N-dealkylation sites (N-methyl/N-ethyl adjacent to an activating group) is 1. The number of carbonyl (C=O) groups is 2. The summed E-state index contributed by atoms with van der Waals surface area (Å²) in [6.07, 6.45) is 0.297. The lowest BCUT2D eigenvalue weighted by molar-refractivity contribution is -0.146. The van der Waals surface area contributed by atoms with Crippen LogP contribution in [0, 0.1) is 5.82 Å². The molecule has 1 aromatic rings. The van der Waals surface area contributed by atoms with E-state index in [1.54, 1.807) is 24.1 Å². The van der Waals surface area contributed by atoms with Crippen molar-refractivity contribution in [3.05, 3.63) is 35.6 Å². The van der Waals surface area contributed by atoms with Crippen LogP contribution in [0.25, 0.3) is 0 Å². The fourth-order valence-corrected chi connectivity index (χ4v) is 2.26. The molecular formula is C15H19FN2O3. The van der Waals surface area contributed by atoms with Crippen LogP contribution >= 0.6 is 0 Å². The first-order chi connectivity index (χ1) is 10.1. The van der Waals surface area contributed by atoms with Gasteiger partial charge in [-0.25, -0.2) is 4.39 Å². The minimum absolute atomic E-state index is 0.0171. The van der Waals surface area contributed by atoms with Crippen LogP contribution in [-0.4, -0.2) is 49.6 Å². The van der Waals surface area contributed by atoms with Crippen molar-refractivity contribution in [1.29, 1.82) is 0 Å². The lowest BCUT2D eigenvalue weighted by atomic mass is 10.1. The summed E-state index contributed by atoms with van der Waals surface area (Å²) in [4.78, 5) is 25.3. The maximum absolute atomic E-state index is 12.8. The van der Waals surface area contributed by atoms with Crippen LogP contribution in [0.3, 0.4) is 0 Å². The maximum atomic E-state index is 12.8. The molecule has 1 heterocycles. The average Bonchev–Trinajstić information content (AvgIpc) is 2.53. The number of benzene rings is 1. The quantitative estimate of drug-likeness (QED) is 0.891. The first-order valence-corrected chi connectivity index (χ1v) is 6.95. The smallest absolute Gasteiger partial charge is 0.250 e. The number of ether oxygens (including phenoxy) is 1. The SMILES string of the molecule is CNC(=O)[C@H]1CN(C(=O)CCc2ccc(F)cc2)CCO1. The first-order valence-electron chi connectivity index (χ1n) is 6.95. The molecule has 0 bridgehead atoms. The van der Waals surface area contributed by atoms with E-state index in [1.165, 1.54) is 12.1 Å². The Morgan fingerprint density at radius 2 is 2.10 bits per heavy atom. The number of nitrogens with one attached hydrogen (secondary N) is 1. The number of hydrogen-bond donors (Lipinski definition) is 1. The summed E-state index contributed by atoms with van der Waals surface area (Å²) in [6.45, 7) is 1.14. The summed E-state index contributed by atoms with van der Waals surface area (Å²) in [7, 11) is 1.54. The highest BCUT2D eigenvalue weighted by atomic mass is 19.1. The number of nitrogens with zero attached hydrogens (tertiary/aromatic N) is 1. The van der Waals surface area contributed by atoms with E-state index in [0.29, 0.717) is 26.0 Å². The minimum Gasteiger partial charge on any atom is -0.365 e. The summed E-state index contributed by atoms with van der Waals surface area (Å²) in [5.41, 5.74) is 0.917. The molecule has 0 spiro atoms.